The number of halogens is 1. The van der Waals surface area contributed by atoms with Gasteiger partial charge in [0, 0.05) is 19.3 Å². The molecule has 1 aliphatic rings. The summed E-state index contributed by atoms with van der Waals surface area (Å²) in [4.78, 5) is 31.4. The molecule has 1 saturated heterocycles. The third-order valence-corrected chi connectivity index (χ3v) is 4.48. The maximum absolute atomic E-state index is 14.5. The van der Waals surface area contributed by atoms with Gasteiger partial charge >= 0.3 is 5.97 Å². The molecule has 1 fully saturated rings. The summed E-state index contributed by atoms with van der Waals surface area (Å²) in [5.41, 5.74) is 0.634. The van der Waals surface area contributed by atoms with Crippen molar-refractivity contribution in [1.29, 1.82) is 0 Å². The number of anilines is 2. The van der Waals surface area contributed by atoms with E-state index in [1.807, 2.05) is 4.90 Å². The highest BCUT2D eigenvalue weighted by Gasteiger charge is 2.19. The molecule has 0 bridgehead atoms. The van der Waals surface area contributed by atoms with E-state index in [1.54, 1.807) is 42.9 Å². The molecule has 3 aromatic rings. The van der Waals surface area contributed by atoms with Gasteiger partial charge in [-0.05, 0) is 35.1 Å². The highest BCUT2D eigenvalue weighted by molar-refractivity contribution is 5.87. The van der Waals surface area contributed by atoms with Crippen LogP contribution in [0.3, 0.4) is 0 Å². The summed E-state index contributed by atoms with van der Waals surface area (Å²) in [7, 11) is 0. The van der Waals surface area contributed by atoms with Gasteiger partial charge in [-0.25, -0.2) is 9.78 Å². The van der Waals surface area contributed by atoms with Crippen molar-refractivity contribution in [2.24, 2.45) is 0 Å². The Morgan fingerprint density at radius 3 is 2.81 bits per heavy atom. The van der Waals surface area contributed by atoms with Crippen molar-refractivity contribution >= 4 is 17.5 Å². The number of morpholine rings is 1. The van der Waals surface area contributed by atoms with E-state index in [0.717, 1.165) is 0 Å². The first-order valence-electron chi connectivity index (χ1n) is 9.64. The number of hydrogen-bond acceptors (Lipinski definition) is 9. The van der Waals surface area contributed by atoms with E-state index in [4.69, 9.17) is 14.3 Å². The van der Waals surface area contributed by atoms with Crippen LogP contribution >= 0.6 is 0 Å². The van der Waals surface area contributed by atoms with Gasteiger partial charge in [-0.2, -0.15) is 0 Å². The maximum atomic E-state index is 14.5. The predicted molar refractivity (Wildman–Crippen MR) is 109 cm³/mol. The molecule has 160 valence electrons. The Labute approximate surface area is 177 Å². The van der Waals surface area contributed by atoms with Crippen LogP contribution in [0.2, 0.25) is 0 Å². The largest absolute Gasteiger partial charge is 0.487 e. The van der Waals surface area contributed by atoms with Crippen molar-refractivity contribution in [2.75, 3.05) is 36.5 Å². The van der Waals surface area contributed by atoms with Crippen LogP contribution in [0.5, 0.6) is 5.75 Å². The zero-order valence-corrected chi connectivity index (χ0v) is 16.6. The molecule has 2 aromatic heterocycles. The lowest BCUT2D eigenvalue weighted by Crippen LogP contribution is -2.37. The van der Waals surface area contributed by atoms with Gasteiger partial charge in [0.15, 0.2) is 5.69 Å². The molecule has 0 radical (unpaired) electrons. The summed E-state index contributed by atoms with van der Waals surface area (Å²) in [6.07, 6.45) is 6.00. The first-order valence-corrected chi connectivity index (χ1v) is 9.64. The minimum Gasteiger partial charge on any atom is -0.487 e. The second kappa shape index (κ2) is 9.81. The number of hydrogen-bond donors (Lipinski definition) is 0. The van der Waals surface area contributed by atoms with Crippen LogP contribution in [0.15, 0.2) is 61.2 Å². The molecule has 31 heavy (non-hydrogen) atoms. The predicted octanol–water partition coefficient (Wildman–Crippen LogP) is 2.75. The number of rotatable bonds is 7. The second-order valence-corrected chi connectivity index (χ2v) is 6.63. The molecule has 4 rings (SSSR count). The molecular weight excluding hydrogens is 405 g/mol. The molecule has 0 saturated carbocycles. The highest BCUT2D eigenvalue weighted by atomic mass is 19.2. The van der Waals surface area contributed by atoms with Crippen LogP contribution in [-0.4, -0.2) is 47.2 Å². The van der Waals surface area contributed by atoms with Gasteiger partial charge < -0.3 is 19.2 Å². The van der Waals surface area contributed by atoms with Crippen LogP contribution in [0, 0.1) is 0 Å². The summed E-state index contributed by atoms with van der Waals surface area (Å²) in [6.45, 7) is 2.60. The normalized spacial score (nSPS) is 13.5. The van der Waals surface area contributed by atoms with Gasteiger partial charge in [-0.1, -0.05) is 16.6 Å². The van der Waals surface area contributed by atoms with Crippen molar-refractivity contribution < 1.29 is 23.6 Å². The Morgan fingerprint density at radius 2 is 2.00 bits per heavy atom. The third kappa shape index (κ3) is 5.43. The lowest BCUT2D eigenvalue weighted by atomic mass is 10.2. The summed E-state index contributed by atoms with van der Waals surface area (Å²) < 4.78 is 25.4. The van der Waals surface area contributed by atoms with Crippen LogP contribution in [-0.2, 0) is 16.2 Å². The smallest absolute Gasteiger partial charge is 0.386 e. The zero-order valence-electron chi connectivity index (χ0n) is 16.6. The number of pyridine rings is 1. The summed E-state index contributed by atoms with van der Waals surface area (Å²) in [5, 5.41) is -0.0982. The molecule has 0 unspecified atom stereocenters. The lowest BCUT2D eigenvalue weighted by Gasteiger charge is -2.27. The zero-order chi connectivity index (χ0) is 21.5. The standard InChI is InChI=1S/C21H20FN5O4/c22-27(17-4-1-3-16(11-17)15-30-18-5-2-6-23-12-18)31-21(28)19-13-24-14-20(25-19)26-7-9-29-10-8-26/h1-6,11-14H,7-10,15H2. The SMILES string of the molecule is O=C(ON(F)c1cccc(COc2cccnc2)c1)c1cncc(N2CCOCC2)n1. The van der Waals surface area contributed by atoms with Crippen molar-refractivity contribution in [2.45, 2.75) is 6.61 Å². The number of carbonyl (C=O) groups excluding carboxylic acids is 1. The monoisotopic (exact) mass is 425 g/mol. The Balaban J connectivity index is 1.38. The minimum atomic E-state index is -0.956. The topological polar surface area (TPSA) is 89.9 Å². The Hall–Kier alpha value is -3.79. The molecule has 9 nitrogen and oxygen atoms in total. The fourth-order valence-electron chi connectivity index (χ4n) is 2.93. The van der Waals surface area contributed by atoms with Gasteiger partial charge in [0.2, 0.25) is 0 Å². The molecular formula is C21H20FN5O4. The van der Waals surface area contributed by atoms with Gasteiger partial charge in [0.05, 0.1) is 31.8 Å². The van der Waals surface area contributed by atoms with Gasteiger partial charge in [-0.3, -0.25) is 9.97 Å². The van der Waals surface area contributed by atoms with E-state index >= 15 is 0 Å². The molecule has 1 aromatic carbocycles. The van der Waals surface area contributed by atoms with E-state index in [0.29, 0.717) is 43.4 Å². The molecule has 0 N–H and O–H groups in total. The van der Waals surface area contributed by atoms with E-state index in [9.17, 15) is 9.28 Å². The van der Waals surface area contributed by atoms with Crippen molar-refractivity contribution in [3.63, 3.8) is 0 Å². The van der Waals surface area contributed by atoms with E-state index < -0.39 is 5.97 Å². The average Bonchev–Trinajstić information content (AvgIpc) is 2.84. The molecule has 0 spiro atoms. The number of benzene rings is 1. The molecule has 1 aliphatic heterocycles. The first kappa shape index (κ1) is 20.5. The molecule has 3 heterocycles. The van der Waals surface area contributed by atoms with E-state index in [-0.39, 0.29) is 23.3 Å². The first-order chi connectivity index (χ1) is 15.2. The van der Waals surface area contributed by atoms with Crippen molar-refractivity contribution in [3.05, 3.63) is 72.4 Å². The summed E-state index contributed by atoms with van der Waals surface area (Å²) in [5.74, 6) is 0.148. The molecule has 0 amide bonds. The van der Waals surface area contributed by atoms with Crippen molar-refractivity contribution in [1.82, 2.24) is 15.0 Å². The Bertz CT molecular complexity index is 1020. The lowest BCUT2D eigenvalue weighted by molar-refractivity contribution is 0.0165. The molecule has 10 heteroatoms. The fraction of sp³-hybridized carbons (Fsp3) is 0.238. The minimum absolute atomic E-state index is 0.0397. The summed E-state index contributed by atoms with van der Waals surface area (Å²) in [6, 6.07) is 9.91. The third-order valence-electron chi connectivity index (χ3n) is 4.48. The Morgan fingerprint density at radius 1 is 1.13 bits per heavy atom. The van der Waals surface area contributed by atoms with Crippen LogP contribution in [0.4, 0.5) is 16.0 Å². The van der Waals surface area contributed by atoms with Crippen LogP contribution in [0.1, 0.15) is 16.1 Å². The number of aromatic nitrogens is 3. The molecule has 0 atom stereocenters. The van der Waals surface area contributed by atoms with Crippen LogP contribution in [0.25, 0.3) is 0 Å². The van der Waals surface area contributed by atoms with Crippen LogP contribution < -0.4 is 14.9 Å². The molecule has 0 aliphatic carbocycles. The van der Waals surface area contributed by atoms with Crippen molar-refractivity contribution in [3.8, 4) is 5.75 Å². The number of carbonyl (C=O) groups is 1. The quantitative estimate of drug-likeness (QED) is 0.419. The second-order valence-electron chi connectivity index (χ2n) is 6.63. The number of nitrogens with zero attached hydrogens (tertiary/aromatic N) is 5. The average molecular weight is 425 g/mol. The highest BCUT2D eigenvalue weighted by Crippen LogP contribution is 2.20. The van der Waals surface area contributed by atoms with Gasteiger partial charge in [-0.15, -0.1) is 0 Å². The van der Waals surface area contributed by atoms with Gasteiger partial charge in [0.25, 0.3) is 0 Å². The summed E-state index contributed by atoms with van der Waals surface area (Å²) >= 11 is 0. The Kier molecular flexibility index (Phi) is 6.48. The fourth-order valence-corrected chi connectivity index (χ4v) is 2.93. The van der Waals surface area contributed by atoms with Gasteiger partial charge in [0.1, 0.15) is 23.9 Å². The number of ether oxygens (including phenoxy) is 2. The van der Waals surface area contributed by atoms with E-state index in [2.05, 4.69) is 15.0 Å². The van der Waals surface area contributed by atoms with E-state index in [1.165, 1.54) is 18.3 Å². The maximum Gasteiger partial charge on any atom is 0.386 e.